The summed E-state index contributed by atoms with van der Waals surface area (Å²) in [6.45, 7) is 3.65. The second kappa shape index (κ2) is 4.65. The van der Waals surface area contributed by atoms with E-state index in [-0.39, 0.29) is 12.4 Å². The molecule has 0 amide bonds. The smallest absolute Gasteiger partial charge is 0.220 e. The summed E-state index contributed by atoms with van der Waals surface area (Å²) in [4.78, 5) is 4.26. The molecule has 0 radical (unpaired) electrons. The zero-order valence-electron chi connectivity index (χ0n) is 6.16. The van der Waals surface area contributed by atoms with Crippen molar-refractivity contribution in [1.82, 2.24) is 0 Å². The summed E-state index contributed by atoms with van der Waals surface area (Å²) in [5.74, 6) is 0.00694. The molecule has 0 unspecified atom stereocenters. The van der Waals surface area contributed by atoms with Crippen molar-refractivity contribution >= 4 is 10.1 Å². The highest BCUT2D eigenvalue weighted by Gasteiger charge is 2.08. The first-order valence-electron chi connectivity index (χ1n) is 3.16. The van der Waals surface area contributed by atoms with Crippen molar-refractivity contribution in [2.24, 2.45) is 0 Å². The molecule has 4 nitrogen and oxygen atoms in total. The van der Waals surface area contributed by atoms with Gasteiger partial charge in [0.05, 0.1) is 12.4 Å². The van der Waals surface area contributed by atoms with Gasteiger partial charge in [-0.05, 0) is 13.3 Å². The second-order valence-corrected chi connectivity index (χ2v) is 3.40. The number of rotatable bonds is 5. The summed E-state index contributed by atoms with van der Waals surface area (Å²) < 4.78 is 25.4. The van der Waals surface area contributed by atoms with Crippen molar-refractivity contribution in [2.75, 3.05) is 12.4 Å². The van der Waals surface area contributed by atoms with E-state index in [0.29, 0.717) is 6.42 Å². The summed E-state index contributed by atoms with van der Waals surface area (Å²) in [5, 5.41) is 0. The Balaban J connectivity index is 3.65. The van der Waals surface area contributed by atoms with Crippen molar-refractivity contribution in [3.63, 3.8) is 0 Å². The van der Waals surface area contributed by atoms with Gasteiger partial charge in [-0.1, -0.05) is 6.92 Å². The first-order chi connectivity index (χ1) is 4.62. The monoisotopic (exact) mass is 168 g/mol. The van der Waals surface area contributed by atoms with Crippen LogP contribution in [0.15, 0.2) is 0 Å². The highest BCUT2D eigenvalue weighted by molar-refractivity contribution is 7.86. The van der Waals surface area contributed by atoms with Crippen LogP contribution < -0.4 is 0 Å². The maximum absolute atomic E-state index is 10.6. The van der Waals surface area contributed by atoms with Crippen molar-refractivity contribution in [1.29, 1.82) is 0 Å². The van der Waals surface area contributed by atoms with Gasteiger partial charge in [0.15, 0.2) is 0 Å². The standard InChI is InChI=1S/C5H12O4S/c1-3-5-10(6,7)9-8-4-2/h3-5H2,1-2H3. The van der Waals surface area contributed by atoms with Crippen molar-refractivity contribution < 1.29 is 17.6 Å². The lowest BCUT2D eigenvalue weighted by atomic mass is 10.6. The van der Waals surface area contributed by atoms with Crippen LogP contribution in [-0.4, -0.2) is 20.8 Å². The Morgan fingerprint density at radius 1 is 1.30 bits per heavy atom. The van der Waals surface area contributed by atoms with E-state index in [2.05, 4.69) is 9.22 Å². The summed E-state index contributed by atoms with van der Waals surface area (Å²) in [5.41, 5.74) is 0. The fourth-order valence-corrected chi connectivity index (χ4v) is 1.22. The fraction of sp³-hybridized carbons (Fsp3) is 1.00. The minimum absolute atomic E-state index is 0.00694. The Morgan fingerprint density at radius 3 is 2.30 bits per heavy atom. The highest BCUT2D eigenvalue weighted by atomic mass is 32.2. The third-order valence-corrected chi connectivity index (χ3v) is 1.94. The quantitative estimate of drug-likeness (QED) is 0.448. The fourth-order valence-electron chi connectivity index (χ4n) is 0.405. The zero-order valence-corrected chi connectivity index (χ0v) is 6.98. The van der Waals surface area contributed by atoms with Gasteiger partial charge in [0.1, 0.15) is 0 Å². The van der Waals surface area contributed by atoms with Gasteiger partial charge in [-0.2, -0.15) is 8.42 Å². The molecule has 0 saturated carbocycles. The van der Waals surface area contributed by atoms with Gasteiger partial charge in [-0.25, -0.2) is 4.89 Å². The largest absolute Gasteiger partial charge is 0.293 e. The molecule has 0 rings (SSSR count). The molecule has 0 atom stereocenters. The van der Waals surface area contributed by atoms with Gasteiger partial charge >= 0.3 is 0 Å². The molecule has 0 spiro atoms. The molecule has 0 aromatic carbocycles. The van der Waals surface area contributed by atoms with Crippen LogP contribution >= 0.6 is 0 Å². The minimum atomic E-state index is -3.42. The molecule has 0 aromatic rings. The Labute approximate surface area is 61.2 Å². The van der Waals surface area contributed by atoms with Gasteiger partial charge in [-0.15, -0.1) is 4.33 Å². The predicted molar refractivity (Wildman–Crippen MR) is 36.8 cm³/mol. The van der Waals surface area contributed by atoms with Gasteiger partial charge in [0.2, 0.25) is 0 Å². The first kappa shape index (κ1) is 9.87. The molecule has 0 fully saturated rings. The van der Waals surface area contributed by atoms with E-state index in [9.17, 15) is 8.42 Å². The van der Waals surface area contributed by atoms with Crippen molar-refractivity contribution in [3.8, 4) is 0 Å². The van der Waals surface area contributed by atoms with E-state index in [1.54, 1.807) is 13.8 Å². The Bertz CT molecular complexity index is 160. The van der Waals surface area contributed by atoms with Crippen LogP contribution in [0.3, 0.4) is 0 Å². The van der Waals surface area contributed by atoms with Gasteiger partial charge in [-0.3, -0.25) is 0 Å². The lowest BCUT2D eigenvalue weighted by molar-refractivity contribution is -0.196. The van der Waals surface area contributed by atoms with Crippen LogP contribution in [-0.2, 0) is 19.3 Å². The topological polar surface area (TPSA) is 52.6 Å². The normalized spacial score (nSPS) is 11.8. The second-order valence-electron chi connectivity index (χ2n) is 1.74. The molecule has 5 heteroatoms. The minimum Gasteiger partial charge on any atom is -0.220 e. The Kier molecular flexibility index (Phi) is 4.59. The molecule has 10 heavy (non-hydrogen) atoms. The van der Waals surface area contributed by atoms with Crippen LogP contribution in [0, 0.1) is 0 Å². The van der Waals surface area contributed by atoms with E-state index in [1.807, 2.05) is 0 Å². The lowest BCUT2D eigenvalue weighted by Crippen LogP contribution is -2.10. The molecule has 0 aliphatic carbocycles. The van der Waals surface area contributed by atoms with Crippen molar-refractivity contribution in [3.05, 3.63) is 0 Å². The molecule has 62 valence electrons. The van der Waals surface area contributed by atoms with Crippen molar-refractivity contribution in [2.45, 2.75) is 20.3 Å². The summed E-state index contributed by atoms with van der Waals surface area (Å²) >= 11 is 0. The molecule has 0 N–H and O–H groups in total. The molecule has 0 aliphatic heterocycles. The molecule has 0 bridgehead atoms. The first-order valence-corrected chi connectivity index (χ1v) is 4.74. The average molecular weight is 168 g/mol. The lowest BCUT2D eigenvalue weighted by Gasteiger charge is -1.99. The van der Waals surface area contributed by atoms with Gasteiger partial charge in [0, 0.05) is 0 Å². The van der Waals surface area contributed by atoms with Gasteiger partial charge in [0.25, 0.3) is 10.1 Å². The van der Waals surface area contributed by atoms with Gasteiger partial charge < -0.3 is 0 Å². The molecule has 0 aromatic heterocycles. The van der Waals surface area contributed by atoms with Crippen LogP contribution in [0.2, 0.25) is 0 Å². The maximum atomic E-state index is 10.6. The number of hydrogen-bond donors (Lipinski definition) is 0. The SMILES string of the molecule is CCCS(=O)(=O)OOCC. The van der Waals surface area contributed by atoms with Crippen LogP contribution in [0.5, 0.6) is 0 Å². The Hall–Kier alpha value is -0.130. The van der Waals surface area contributed by atoms with Crippen LogP contribution in [0.1, 0.15) is 20.3 Å². The molecular formula is C5H12O4S. The Morgan fingerprint density at radius 2 is 1.90 bits per heavy atom. The van der Waals surface area contributed by atoms with E-state index in [1.165, 1.54) is 0 Å². The summed E-state index contributed by atoms with van der Waals surface area (Å²) in [7, 11) is -3.42. The highest BCUT2D eigenvalue weighted by Crippen LogP contribution is 1.95. The molecule has 0 aliphatic rings. The number of hydrogen-bond acceptors (Lipinski definition) is 4. The molecular weight excluding hydrogens is 156 g/mol. The zero-order chi connectivity index (χ0) is 8.04. The van der Waals surface area contributed by atoms with E-state index in [0.717, 1.165) is 0 Å². The molecule has 0 heterocycles. The maximum Gasteiger partial charge on any atom is 0.293 e. The average Bonchev–Trinajstić information content (AvgIpc) is 1.84. The van der Waals surface area contributed by atoms with Crippen LogP contribution in [0.4, 0.5) is 0 Å². The van der Waals surface area contributed by atoms with E-state index in [4.69, 9.17) is 0 Å². The van der Waals surface area contributed by atoms with E-state index >= 15 is 0 Å². The summed E-state index contributed by atoms with van der Waals surface area (Å²) in [6.07, 6.45) is 0.537. The van der Waals surface area contributed by atoms with Crippen LogP contribution in [0.25, 0.3) is 0 Å². The molecule has 0 saturated heterocycles. The van der Waals surface area contributed by atoms with E-state index < -0.39 is 10.1 Å². The third kappa shape index (κ3) is 4.72. The third-order valence-electron chi connectivity index (χ3n) is 0.724. The summed E-state index contributed by atoms with van der Waals surface area (Å²) in [6, 6.07) is 0. The predicted octanol–water partition coefficient (Wildman–Crippen LogP) is 0.694.